The van der Waals surface area contributed by atoms with Gasteiger partial charge in [-0.2, -0.15) is 5.10 Å². The van der Waals surface area contributed by atoms with Crippen molar-refractivity contribution in [3.63, 3.8) is 0 Å². The van der Waals surface area contributed by atoms with Crippen LogP contribution in [0.15, 0.2) is 42.7 Å². The Hall–Kier alpha value is -1.79. The molecule has 1 aliphatic rings. The summed E-state index contributed by atoms with van der Waals surface area (Å²) >= 11 is 1.61. The lowest BCUT2D eigenvalue weighted by molar-refractivity contribution is -0.113. The molecule has 6 heteroatoms. The summed E-state index contributed by atoms with van der Waals surface area (Å²) in [6.07, 6.45) is 7.26. The minimum absolute atomic E-state index is 0.00407. The number of benzene rings is 1. The molecule has 5 nitrogen and oxygen atoms in total. The number of anilines is 1. The first kappa shape index (κ1) is 17.0. The molecule has 1 N–H and O–H groups in total. The van der Waals surface area contributed by atoms with Gasteiger partial charge in [-0.25, -0.2) is 0 Å². The topological polar surface area (TPSA) is 56.2 Å². The van der Waals surface area contributed by atoms with Crippen LogP contribution in [0.1, 0.15) is 24.8 Å². The van der Waals surface area contributed by atoms with Gasteiger partial charge in [0, 0.05) is 18.6 Å². The first-order valence-corrected chi connectivity index (χ1v) is 9.50. The van der Waals surface area contributed by atoms with Crippen LogP contribution < -0.4 is 5.32 Å². The number of carbonyl (C=O) groups is 1. The molecule has 1 atom stereocenters. The van der Waals surface area contributed by atoms with Crippen molar-refractivity contribution >= 4 is 23.4 Å². The Morgan fingerprint density at radius 2 is 2.21 bits per heavy atom. The summed E-state index contributed by atoms with van der Waals surface area (Å²) in [5, 5.41) is 7.21. The standard InChI is InChI=1S/C18H23N3O2S/c22-18(14-24-13-15-6-2-1-3-7-15)20-16-10-19-21(11-16)12-17-8-4-5-9-23-17/h1-3,6-7,10-11,17H,4-5,8-9,12-14H2,(H,20,22)/t17-/m1/s1. The summed E-state index contributed by atoms with van der Waals surface area (Å²) in [4.78, 5) is 12.0. The molecule has 1 amide bonds. The summed E-state index contributed by atoms with van der Waals surface area (Å²) < 4.78 is 7.57. The maximum absolute atomic E-state index is 12.0. The molecule has 1 aromatic heterocycles. The molecule has 0 bridgehead atoms. The summed E-state index contributed by atoms with van der Waals surface area (Å²) in [6, 6.07) is 10.2. The zero-order chi connectivity index (χ0) is 16.6. The Bertz CT molecular complexity index is 639. The molecule has 0 radical (unpaired) electrons. The largest absolute Gasteiger partial charge is 0.376 e. The van der Waals surface area contributed by atoms with Gasteiger partial charge in [-0.15, -0.1) is 11.8 Å². The van der Waals surface area contributed by atoms with Gasteiger partial charge in [0.05, 0.1) is 30.3 Å². The molecule has 24 heavy (non-hydrogen) atoms. The molecule has 1 saturated heterocycles. The van der Waals surface area contributed by atoms with Crippen LogP contribution in [0, 0.1) is 0 Å². The number of rotatable bonds is 7. The maximum atomic E-state index is 12.0. The summed E-state index contributed by atoms with van der Waals surface area (Å²) in [5.74, 6) is 1.28. The van der Waals surface area contributed by atoms with Crippen LogP contribution in [0.5, 0.6) is 0 Å². The first-order chi connectivity index (χ1) is 11.8. The van der Waals surface area contributed by atoms with Crippen molar-refractivity contribution in [2.75, 3.05) is 17.7 Å². The van der Waals surface area contributed by atoms with Crippen LogP contribution in [0.3, 0.4) is 0 Å². The molecule has 3 rings (SSSR count). The number of thioether (sulfide) groups is 1. The molecule has 0 aliphatic carbocycles. The molecule has 0 unspecified atom stereocenters. The van der Waals surface area contributed by atoms with Gasteiger partial charge in [-0.05, 0) is 24.8 Å². The minimum atomic E-state index is 0.00407. The summed E-state index contributed by atoms with van der Waals surface area (Å²) in [6.45, 7) is 1.59. The third kappa shape index (κ3) is 5.39. The second-order valence-corrected chi connectivity index (χ2v) is 6.95. The predicted molar refractivity (Wildman–Crippen MR) is 97.1 cm³/mol. The van der Waals surface area contributed by atoms with Gasteiger partial charge in [0.25, 0.3) is 0 Å². The van der Waals surface area contributed by atoms with Gasteiger partial charge in [0.2, 0.25) is 5.91 Å². The monoisotopic (exact) mass is 345 g/mol. The van der Waals surface area contributed by atoms with Crippen molar-refractivity contribution in [1.29, 1.82) is 0 Å². The highest BCUT2D eigenvalue weighted by Gasteiger charge is 2.15. The number of carbonyl (C=O) groups excluding carboxylic acids is 1. The Morgan fingerprint density at radius 1 is 1.33 bits per heavy atom. The molecule has 1 fully saturated rings. The van der Waals surface area contributed by atoms with Crippen molar-refractivity contribution in [3.8, 4) is 0 Å². The van der Waals surface area contributed by atoms with Gasteiger partial charge >= 0.3 is 0 Å². The lowest BCUT2D eigenvalue weighted by Crippen LogP contribution is -2.24. The zero-order valence-corrected chi connectivity index (χ0v) is 14.5. The highest BCUT2D eigenvalue weighted by atomic mass is 32.2. The number of ether oxygens (including phenoxy) is 1. The van der Waals surface area contributed by atoms with Crippen molar-refractivity contribution in [1.82, 2.24) is 9.78 Å². The molecule has 128 valence electrons. The van der Waals surface area contributed by atoms with E-state index >= 15 is 0 Å². The molecule has 2 heterocycles. The quantitative estimate of drug-likeness (QED) is 0.836. The average molecular weight is 345 g/mol. The van der Waals surface area contributed by atoms with Crippen molar-refractivity contribution in [3.05, 3.63) is 48.3 Å². The Morgan fingerprint density at radius 3 is 3.00 bits per heavy atom. The van der Waals surface area contributed by atoms with Crippen LogP contribution in [-0.4, -0.2) is 34.2 Å². The van der Waals surface area contributed by atoms with E-state index in [0.29, 0.717) is 5.75 Å². The number of amides is 1. The van der Waals surface area contributed by atoms with Gasteiger partial charge < -0.3 is 10.1 Å². The minimum Gasteiger partial charge on any atom is -0.376 e. The highest BCUT2D eigenvalue weighted by molar-refractivity contribution is 7.99. The van der Waals surface area contributed by atoms with E-state index in [4.69, 9.17) is 4.74 Å². The molecular formula is C18H23N3O2S. The van der Waals surface area contributed by atoms with E-state index in [9.17, 15) is 4.79 Å². The van der Waals surface area contributed by atoms with Gasteiger partial charge in [0.1, 0.15) is 0 Å². The number of hydrogen-bond donors (Lipinski definition) is 1. The van der Waals surface area contributed by atoms with E-state index in [1.807, 2.05) is 29.1 Å². The summed E-state index contributed by atoms with van der Waals surface area (Å²) in [5.41, 5.74) is 1.98. The predicted octanol–water partition coefficient (Wildman–Crippen LogP) is 3.32. The smallest absolute Gasteiger partial charge is 0.234 e. The van der Waals surface area contributed by atoms with Crippen LogP contribution in [0.25, 0.3) is 0 Å². The van der Waals surface area contributed by atoms with E-state index in [2.05, 4.69) is 22.5 Å². The van der Waals surface area contributed by atoms with Crippen LogP contribution in [-0.2, 0) is 21.8 Å². The molecule has 1 aliphatic heterocycles. The Labute approximate surface area is 146 Å². The fraction of sp³-hybridized carbons (Fsp3) is 0.444. The van der Waals surface area contributed by atoms with E-state index in [-0.39, 0.29) is 12.0 Å². The van der Waals surface area contributed by atoms with Crippen LogP contribution in [0.4, 0.5) is 5.69 Å². The molecular weight excluding hydrogens is 322 g/mol. The van der Waals surface area contributed by atoms with E-state index in [0.717, 1.165) is 37.4 Å². The second-order valence-electron chi connectivity index (χ2n) is 5.97. The maximum Gasteiger partial charge on any atom is 0.234 e. The number of hydrogen-bond acceptors (Lipinski definition) is 4. The van der Waals surface area contributed by atoms with E-state index in [1.54, 1.807) is 18.0 Å². The fourth-order valence-corrected chi connectivity index (χ4v) is 3.51. The number of aromatic nitrogens is 2. The van der Waals surface area contributed by atoms with Crippen molar-refractivity contribution < 1.29 is 9.53 Å². The van der Waals surface area contributed by atoms with Gasteiger partial charge in [-0.3, -0.25) is 9.48 Å². The lowest BCUT2D eigenvalue weighted by Gasteiger charge is -2.22. The summed E-state index contributed by atoms with van der Waals surface area (Å²) in [7, 11) is 0. The van der Waals surface area contributed by atoms with Crippen LogP contribution >= 0.6 is 11.8 Å². The van der Waals surface area contributed by atoms with Crippen molar-refractivity contribution in [2.45, 2.75) is 37.7 Å². The Kier molecular flexibility index (Phi) is 6.32. The van der Waals surface area contributed by atoms with Crippen molar-refractivity contribution in [2.24, 2.45) is 0 Å². The number of nitrogens with zero attached hydrogens (tertiary/aromatic N) is 2. The SMILES string of the molecule is O=C(CSCc1ccccc1)Nc1cnn(C[C@H]2CCCCO2)c1. The first-order valence-electron chi connectivity index (χ1n) is 8.35. The lowest BCUT2D eigenvalue weighted by atomic mass is 10.1. The molecule has 0 spiro atoms. The fourth-order valence-electron chi connectivity index (χ4n) is 2.72. The highest BCUT2D eigenvalue weighted by Crippen LogP contribution is 2.16. The van der Waals surface area contributed by atoms with E-state index < -0.39 is 0 Å². The third-order valence-electron chi connectivity index (χ3n) is 3.93. The van der Waals surface area contributed by atoms with E-state index in [1.165, 1.54) is 12.0 Å². The normalized spacial score (nSPS) is 17.6. The average Bonchev–Trinajstić information content (AvgIpc) is 3.03. The molecule has 2 aromatic rings. The third-order valence-corrected chi connectivity index (χ3v) is 4.93. The zero-order valence-electron chi connectivity index (χ0n) is 13.7. The van der Waals surface area contributed by atoms with Gasteiger partial charge in [0.15, 0.2) is 0 Å². The van der Waals surface area contributed by atoms with Gasteiger partial charge in [-0.1, -0.05) is 30.3 Å². The molecule has 1 aromatic carbocycles. The number of nitrogens with one attached hydrogen (secondary N) is 1. The molecule has 0 saturated carbocycles. The Balaban J connectivity index is 1.40. The second kappa shape index (κ2) is 8.89. The van der Waals surface area contributed by atoms with Crippen LogP contribution in [0.2, 0.25) is 0 Å².